The molecule has 1 aliphatic heterocycles. The fourth-order valence-electron chi connectivity index (χ4n) is 1.25. The molecule has 5 heteroatoms. The van der Waals surface area contributed by atoms with Crippen LogP contribution in [-0.4, -0.2) is 28.6 Å². The van der Waals surface area contributed by atoms with Gasteiger partial charge in [-0.25, -0.2) is 9.98 Å². The van der Waals surface area contributed by atoms with Crippen molar-refractivity contribution in [3.63, 3.8) is 0 Å². The standard InChI is InChI=1S/C9H9ClN4/c10-8-2-1-7(5-13-8)6-14-4-3-12-9(14)11/h1-3,5,11H,4,6H2. The summed E-state index contributed by atoms with van der Waals surface area (Å²) in [7, 11) is 0. The highest BCUT2D eigenvalue weighted by molar-refractivity contribution is 6.29. The van der Waals surface area contributed by atoms with Crippen LogP contribution >= 0.6 is 11.6 Å². The van der Waals surface area contributed by atoms with Gasteiger partial charge >= 0.3 is 0 Å². The Kier molecular flexibility index (Phi) is 2.45. The van der Waals surface area contributed by atoms with Crippen LogP contribution in [0.3, 0.4) is 0 Å². The molecule has 0 fully saturated rings. The van der Waals surface area contributed by atoms with Gasteiger partial charge in [0.05, 0.1) is 6.54 Å². The molecular weight excluding hydrogens is 200 g/mol. The molecule has 1 N–H and O–H groups in total. The molecule has 1 aromatic heterocycles. The number of aromatic nitrogens is 1. The van der Waals surface area contributed by atoms with Crippen molar-refractivity contribution in [1.82, 2.24) is 9.88 Å². The van der Waals surface area contributed by atoms with Crippen LogP contribution < -0.4 is 0 Å². The second-order valence-electron chi connectivity index (χ2n) is 3.00. The summed E-state index contributed by atoms with van der Waals surface area (Å²) in [5.41, 5.74) is 1.03. The predicted octanol–water partition coefficient (Wildman–Crippen LogP) is 1.56. The van der Waals surface area contributed by atoms with Gasteiger partial charge in [0.2, 0.25) is 5.96 Å². The minimum absolute atomic E-state index is 0.306. The number of hydrogen-bond donors (Lipinski definition) is 1. The highest BCUT2D eigenvalue weighted by Gasteiger charge is 2.12. The Morgan fingerprint density at radius 3 is 2.93 bits per heavy atom. The van der Waals surface area contributed by atoms with Crippen molar-refractivity contribution in [2.45, 2.75) is 6.54 Å². The maximum atomic E-state index is 7.48. The van der Waals surface area contributed by atoms with E-state index in [1.165, 1.54) is 0 Å². The van der Waals surface area contributed by atoms with Crippen LogP contribution in [0, 0.1) is 5.41 Å². The summed E-state index contributed by atoms with van der Waals surface area (Å²) in [6, 6.07) is 3.65. The van der Waals surface area contributed by atoms with E-state index in [0.29, 0.717) is 24.2 Å². The van der Waals surface area contributed by atoms with Crippen molar-refractivity contribution in [1.29, 1.82) is 5.41 Å². The third kappa shape index (κ3) is 1.90. The van der Waals surface area contributed by atoms with Crippen LogP contribution in [0.1, 0.15) is 5.56 Å². The first-order chi connectivity index (χ1) is 6.75. The minimum atomic E-state index is 0.306. The molecule has 0 radical (unpaired) electrons. The van der Waals surface area contributed by atoms with E-state index in [9.17, 15) is 0 Å². The molecule has 0 saturated carbocycles. The maximum absolute atomic E-state index is 7.48. The van der Waals surface area contributed by atoms with Gasteiger partial charge in [0, 0.05) is 19.0 Å². The molecule has 0 aromatic carbocycles. The minimum Gasteiger partial charge on any atom is -0.332 e. The van der Waals surface area contributed by atoms with Crippen LogP contribution in [0.25, 0.3) is 0 Å². The first kappa shape index (κ1) is 9.15. The summed E-state index contributed by atoms with van der Waals surface area (Å²) in [5.74, 6) is 0.306. The van der Waals surface area contributed by atoms with Gasteiger partial charge in [-0.15, -0.1) is 0 Å². The summed E-state index contributed by atoms with van der Waals surface area (Å²) in [5, 5.41) is 7.97. The summed E-state index contributed by atoms with van der Waals surface area (Å²) in [6.07, 6.45) is 3.44. The maximum Gasteiger partial charge on any atom is 0.218 e. The average molecular weight is 209 g/mol. The Morgan fingerprint density at radius 2 is 2.36 bits per heavy atom. The lowest BCUT2D eigenvalue weighted by Gasteiger charge is -2.15. The van der Waals surface area contributed by atoms with E-state index in [1.807, 2.05) is 11.0 Å². The lowest BCUT2D eigenvalue weighted by molar-refractivity contribution is 0.475. The van der Waals surface area contributed by atoms with E-state index < -0.39 is 0 Å². The van der Waals surface area contributed by atoms with Crippen LogP contribution in [0.4, 0.5) is 0 Å². The Hall–Kier alpha value is -1.42. The SMILES string of the molecule is N=C1N=CCN1Cc1ccc(Cl)nc1. The number of nitrogens with zero attached hydrogens (tertiary/aromatic N) is 3. The topological polar surface area (TPSA) is 52.3 Å². The number of nitrogens with one attached hydrogen (secondary N) is 1. The first-order valence-corrected chi connectivity index (χ1v) is 4.60. The van der Waals surface area contributed by atoms with E-state index >= 15 is 0 Å². The van der Waals surface area contributed by atoms with E-state index in [4.69, 9.17) is 17.0 Å². The van der Waals surface area contributed by atoms with Crippen molar-refractivity contribution >= 4 is 23.8 Å². The Bertz CT molecular complexity index is 371. The van der Waals surface area contributed by atoms with E-state index in [2.05, 4.69) is 9.98 Å². The highest BCUT2D eigenvalue weighted by Crippen LogP contribution is 2.09. The van der Waals surface area contributed by atoms with Gasteiger partial charge in [-0.3, -0.25) is 5.41 Å². The molecule has 0 aliphatic carbocycles. The summed E-state index contributed by atoms with van der Waals surface area (Å²) < 4.78 is 0. The highest BCUT2D eigenvalue weighted by atomic mass is 35.5. The largest absolute Gasteiger partial charge is 0.332 e. The van der Waals surface area contributed by atoms with Crippen molar-refractivity contribution in [3.8, 4) is 0 Å². The number of rotatable bonds is 2. The summed E-state index contributed by atoms with van der Waals surface area (Å²) in [6.45, 7) is 1.35. The predicted molar refractivity (Wildman–Crippen MR) is 55.9 cm³/mol. The number of halogens is 1. The molecule has 1 aromatic rings. The second-order valence-corrected chi connectivity index (χ2v) is 3.39. The molecule has 14 heavy (non-hydrogen) atoms. The Morgan fingerprint density at radius 1 is 1.50 bits per heavy atom. The molecule has 0 atom stereocenters. The molecule has 0 bridgehead atoms. The van der Waals surface area contributed by atoms with E-state index in [1.54, 1.807) is 18.5 Å². The van der Waals surface area contributed by atoms with Gasteiger partial charge in [-0.05, 0) is 11.6 Å². The number of hydrogen-bond acceptors (Lipinski definition) is 2. The molecule has 4 nitrogen and oxygen atoms in total. The molecule has 1 aliphatic rings. The van der Waals surface area contributed by atoms with E-state index in [-0.39, 0.29) is 0 Å². The smallest absolute Gasteiger partial charge is 0.218 e. The molecular formula is C9H9ClN4. The van der Waals surface area contributed by atoms with Crippen LogP contribution in [0.2, 0.25) is 5.15 Å². The quantitative estimate of drug-likeness (QED) is 0.750. The van der Waals surface area contributed by atoms with Gasteiger partial charge in [0.25, 0.3) is 0 Å². The summed E-state index contributed by atoms with van der Waals surface area (Å²) in [4.78, 5) is 9.69. The van der Waals surface area contributed by atoms with Gasteiger partial charge in [0.15, 0.2) is 0 Å². The Labute approximate surface area is 86.7 Å². The molecule has 0 spiro atoms. The van der Waals surface area contributed by atoms with Gasteiger partial charge < -0.3 is 4.90 Å². The van der Waals surface area contributed by atoms with Crippen molar-refractivity contribution < 1.29 is 0 Å². The van der Waals surface area contributed by atoms with Crippen molar-refractivity contribution in [2.24, 2.45) is 4.99 Å². The zero-order valence-electron chi connectivity index (χ0n) is 7.44. The van der Waals surface area contributed by atoms with Crippen LogP contribution in [0.5, 0.6) is 0 Å². The third-order valence-corrected chi connectivity index (χ3v) is 2.20. The number of aliphatic imine (C=N–C) groups is 1. The van der Waals surface area contributed by atoms with Crippen molar-refractivity contribution in [2.75, 3.05) is 6.54 Å². The monoisotopic (exact) mass is 208 g/mol. The molecule has 0 unspecified atom stereocenters. The zero-order chi connectivity index (χ0) is 9.97. The van der Waals surface area contributed by atoms with E-state index in [0.717, 1.165) is 5.56 Å². The van der Waals surface area contributed by atoms with Gasteiger partial charge in [0.1, 0.15) is 5.15 Å². The lowest BCUT2D eigenvalue weighted by Crippen LogP contribution is -2.24. The lowest BCUT2D eigenvalue weighted by atomic mass is 10.3. The van der Waals surface area contributed by atoms with Crippen molar-refractivity contribution in [3.05, 3.63) is 29.0 Å². The molecule has 0 amide bonds. The molecule has 72 valence electrons. The summed E-state index contributed by atoms with van der Waals surface area (Å²) >= 11 is 5.67. The second kappa shape index (κ2) is 3.75. The molecule has 2 rings (SSSR count). The number of pyridine rings is 1. The molecule has 0 saturated heterocycles. The average Bonchev–Trinajstić information content (AvgIpc) is 2.56. The molecule has 2 heterocycles. The normalized spacial score (nSPS) is 15.2. The number of guanidine groups is 1. The van der Waals surface area contributed by atoms with Crippen LogP contribution in [-0.2, 0) is 6.54 Å². The van der Waals surface area contributed by atoms with Gasteiger partial charge in [-0.2, -0.15) is 0 Å². The Balaban J connectivity index is 2.04. The fraction of sp³-hybridized carbons (Fsp3) is 0.222. The fourth-order valence-corrected chi connectivity index (χ4v) is 1.37. The zero-order valence-corrected chi connectivity index (χ0v) is 8.20. The van der Waals surface area contributed by atoms with Gasteiger partial charge in [-0.1, -0.05) is 17.7 Å². The first-order valence-electron chi connectivity index (χ1n) is 4.22. The van der Waals surface area contributed by atoms with Crippen LogP contribution in [0.15, 0.2) is 23.3 Å². The third-order valence-electron chi connectivity index (χ3n) is 1.98.